The van der Waals surface area contributed by atoms with Gasteiger partial charge in [-0.2, -0.15) is 13.2 Å². The molecule has 1 aliphatic carbocycles. The summed E-state index contributed by atoms with van der Waals surface area (Å²) in [5.41, 5.74) is 0.434. The first-order valence-corrected chi connectivity index (χ1v) is 8.50. The molecule has 1 aliphatic rings. The molecule has 0 saturated heterocycles. The number of carbonyl (C=O) groups is 1. The van der Waals surface area contributed by atoms with Crippen molar-refractivity contribution in [1.29, 1.82) is 0 Å². The van der Waals surface area contributed by atoms with Gasteiger partial charge in [0, 0.05) is 18.0 Å². The van der Waals surface area contributed by atoms with Crippen molar-refractivity contribution >= 4 is 5.91 Å². The minimum absolute atomic E-state index is 0.0664. The van der Waals surface area contributed by atoms with Crippen molar-refractivity contribution in [3.63, 3.8) is 0 Å². The van der Waals surface area contributed by atoms with E-state index in [0.29, 0.717) is 29.9 Å². The Morgan fingerprint density at radius 1 is 1.31 bits per heavy atom. The molecule has 0 aromatic heterocycles. The predicted molar refractivity (Wildman–Crippen MR) is 89.0 cm³/mol. The van der Waals surface area contributed by atoms with Gasteiger partial charge < -0.3 is 19.9 Å². The molecule has 1 aromatic carbocycles. The molecule has 5 nitrogen and oxygen atoms in total. The van der Waals surface area contributed by atoms with E-state index in [4.69, 9.17) is 9.47 Å². The van der Waals surface area contributed by atoms with Crippen LogP contribution in [0.15, 0.2) is 18.2 Å². The standard InChI is InChI=1S/C18H24F3NO4/c1-25-13-6-7-16(26-2)14(9-13)15(23)10-22-17(24)11-4-3-5-12(8-11)18(19,20)21/h6-7,9,11-12,15,23H,3-5,8,10H2,1-2H3,(H,22,24). The molecule has 1 fully saturated rings. The van der Waals surface area contributed by atoms with Crippen molar-refractivity contribution in [2.45, 2.75) is 38.0 Å². The summed E-state index contributed by atoms with van der Waals surface area (Å²) in [6.45, 7) is -0.116. The van der Waals surface area contributed by atoms with E-state index in [1.165, 1.54) is 14.2 Å². The molecule has 2 N–H and O–H groups in total. The van der Waals surface area contributed by atoms with Crippen molar-refractivity contribution < 1.29 is 32.5 Å². The van der Waals surface area contributed by atoms with Crippen LogP contribution in [-0.4, -0.2) is 38.0 Å². The summed E-state index contributed by atoms with van der Waals surface area (Å²) in [5.74, 6) is -1.63. The summed E-state index contributed by atoms with van der Waals surface area (Å²) in [6, 6.07) is 4.90. The Kier molecular flexibility index (Phi) is 6.75. The Morgan fingerprint density at radius 2 is 2.04 bits per heavy atom. The fourth-order valence-electron chi connectivity index (χ4n) is 3.28. The smallest absolute Gasteiger partial charge is 0.391 e. The van der Waals surface area contributed by atoms with Gasteiger partial charge in [-0.3, -0.25) is 4.79 Å². The van der Waals surface area contributed by atoms with Gasteiger partial charge in [-0.1, -0.05) is 6.42 Å². The number of carbonyl (C=O) groups excluding carboxylic acids is 1. The van der Waals surface area contributed by atoms with E-state index in [2.05, 4.69) is 5.32 Å². The van der Waals surface area contributed by atoms with Crippen molar-refractivity contribution in [3.8, 4) is 11.5 Å². The second-order valence-corrected chi connectivity index (χ2v) is 6.47. The van der Waals surface area contributed by atoms with Crippen molar-refractivity contribution in [2.75, 3.05) is 20.8 Å². The monoisotopic (exact) mass is 375 g/mol. The summed E-state index contributed by atoms with van der Waals surface area (Å²) >= 11 is 0. The summed E-state index contributed by atoms with van der Waals surface area (Å²) in [5, 5.41) is 12.9. The average Bonchev–Trinajstić information content (AvgIpc) is 2.64. The fraction of sp³-hybridized carbons (Fsp3) is 0.611. The molecule has 0 bridgehead atoms. The average molecular weight is 375 g/mol. The van der Waals surface area contributed by atoms with E-state index in [0.717, 1.165) is 0 Å². The number of nitrogens with one attached hydrogen (secondary N) is 1. The molecular weight excluding hydrogens is 351 g/mol. The number of ether oxygens (including phenoxy) is 2. The van der Waals surface area contributed by atoms with Crippen LogP contribution in [0.4, 0.5) is 13.2 Å². The zero-order valence-electron chi connectivity index (χ0n) is 14.8. The first-order chi connectivity index (χ1) is 12.3. The SMILES string of the molecule is COc1ccc(OC)c(C(O)CNC(=O)C2CCCC(C(F)(F)F)C2)c1. The summed E-state index contributed by atoms with van der Waals surface area (Å²) in [6.07, 6.45) is -4.67. The molecule has 8 heteroatoms. The molecule has 3 unspecified atom stereocenters. The second kappa shape index (κ2) is 8.62. The maximum absolute atomic E-state index is 12.9. The minimum atomic E-state index is -4.27. The van der Waals surface area contributed by atoms with Gasteiger partial charge in [-0.15, -0.1) is 0 Å². The molecule has 26 heavy (non-hydrogen) atoms. The number of alkyl halides is 3. The largest absolute Gasteiger partial charge is 0.497 e. The van der Waals surface area contributed by atoms with Crippen LogP contribution in [0, 0.1) is 11.8 Å². The molecule has 0 aliphatic heterocycles. The fourth-order valence-corrected chi connectivity index (χ4v) is 3.28. The zero-order chi connectivity index (χ0) is 19.3. The van der Waals surface area contributed by atoms with Gasteiger partial charge in [0.2, 0.25) is 5.91 Å². The molecule has 0 heterocycles. The lowest BCUT2D eigenvalue weighted by atomic mass is 9.80. The zero-order valence-corrected chi connectivity index (χ0v) is 14.8. The predicted octanol–water partition coefficient (Wildman–Crippen LogP) is 3.22. The van der Waals surface area contributed by atoms with Gasteiger partial charge in [0.15, 0.2) is 0 Å². The van der Waals surface area contributed by atoms with Gasteiger partial charge in [-0.05, 0) is 37.5 Å². The highest BCUT2D eigenvalue weighted by Gasteiger charge is 2.43. The van der Waals surface area contributed by atoms with E-state index in [9.17, 15) is 23.1 Å². The Bertz CT molecular complexity index is 621. The Labute approximate surface area is 150 Å². The van der Waals surface area contributed by atoms with Crippen LogP contribution in [-0.2, 0) is 4.79 Å². The molecule has 1 saturated carbocycles. The van der Waals surface area contributed by atoms with Crippen LogP contribution in [0.5, 0.6) is 11.5 Å². The highest BCUT2D eigenvalue weighted by Crippen LogP contribution is 2.40. The second-order valence-electron chi connectivity index (χ2n) is 6.47. The van der Waals surface area contributed by atoms with Crippen molar-refractivity contribution in [1.82, 2.24) is 5.32 Å². The first kappa shape index (κ1) is 20.4. The maximum Gasteiger partial charge on any atom is 0.391 e. The normalized spacial score (nSPS) is 21.8. The number of halogens is 3. The highest BCUT2D eigenvalue weighted by molar-refractivity contribution is 5.78. The third-order valence-corrected chi connectivity index (χ3v) is 4.77. The van der Waals surface area contributed by atoms with Crippen LogP contribution in [0.3, 0.4) is 0 Å². The van der Waals surface area contributed by atoms with E-state index in [1.807, 2.05) is 0 Å². The molecule has 146 valence electrons. The molecule has 1 aromatic rings. The number of amides is 1. The van der Waals surface area contributed by atoms with Crippen molar-refractivity contribution in [3.05, 3.63) is 23.8 Å². The van der Waals surface area contributed by atoms with E-state index in [1.54, 1.807) is 18.2 Å². The first-order valence-electron chi connectivity index (χ1n) is 8.50. The minimum Gasteiger partial charge on any atom is -0.497 e. The van der Waals surface area contributed by atoms with Gasteiger partial charge in [-0.25, -0.2) is 0 Å². The number of methoxy groups -OCH3 is 2. The van der Waals surface area contributed by atoms with Gasteiger partial charge in [0.05, 0.1) is 26.2 Å². The molecule has 3 atom stereocenters. The number of hydrogen-bond acceptors (Lipinski definition) is 4. The van der Waals surface area contributed by atoms with Gasteiger partial charge in [0.1, 0.15) is 11.5 Å². The molecular formula is C18H24F3NO4. The maximum atomic E-state index is 12.9. The molecule has 1 amide bonds. The Morgan fingerprint density at radius 3 is 2.65 bits per heavy atom. The third kappa shape index (κ3) is 5.03. The summed E-state index contributed by atoms with van der Waals surface area (Å²) in [7, 11) is 2.94. The van der Waals surface area contributed by atoms with Crippen LogP contribution in [0.2, 0.25) is 0 Å². The lowest BCUT2D eigenvalue weighted by Gasteiger charge is -2.30. The lowest BCUT2D eigenvalue weighted by molar-refractivity contribution is -0.186. The van der Waals surface area contributed by atoms with Gasteiger partial charge in [0.25, 0.3) is 0 Å². The Hall–Kier alpha value is -1.96. The number of aliphatic hydroxyl groups is 1. The summed E-state index contributed by atoms with van der Waals surface area (Å²) in [4.78, 5) is 12.2. The van der Waals surface area contributed by atoms with Crippen LogP contribution >= 0.6 is 0 Å². The topological polar surface area (TPSA) is 67.8 Å². The third-order valence-electron chi connectivity index (χ3n) is 4.77. The quantitative estimate of drug-likeness (QED) is 0.801. The van der Waals surface area contributed by atoms with Crippen molar-refractivity contribution in [2.24, 2.45) is 11.8 Å². The molecule has 0 radical (unpaired) electrons. The number of hydrogen-bond donors (Lipinski definition) is 2. The van der Waals surface area contributed by atoms with Gasteiger partial charge >= 0.3 is 6.18 Å². The molecule has 2 rings (SSSR count). The van der Waals surface area contributed by atoms with E-state index >= 15 is 0 Å². The van der Waals surface area contributed by atoms with Crippen LogP contribution in [0.1, 0.15) is 37.4 Å². The lowest BCUT2D eigenvalue weighted by Crippen LogP contribution is -2.38. The number of aliphatic hydroxyl groups excluding tert-OH is 1. The van der Waals surface area contributed by atoms with Crippen LogP contribution < -0.4 is 14.8 Å². The molecule has 0 spiro atoms. The number of rotatable bonds is 6. The summed E-state index contributed by atoms with van der Waals surface area (Å²) < 4.78 is 48.9. The van der Waals surface area contributed by atoms with E-state index in [-0.39, 0.29) is 19.4 Å². The van der Waals surface area contributed by atoms with Crippen LogP contribution in [0.25, 0.3) is 0 Å². The Balaban J connectivity index is 1.96. The van der Waals surface area contributed by atoms with E-state index < -0.39 is 30.0 Å². The number of benzene rings is 1. The highest BCUT2D eigenvalue weighted by atomic mass is 19.4.